The van der Waals surface area contributed by atoms with Crippen LogP contribution in [0.5, 0.6) is 5.75 Å². The van der Waals surface area contributed by atoms with Gasteiger partial charge >= 0.3 is 0 Å². The van der Waals surface area contributed by atoms with Crippen LogP contribution in [0.1, 0.15) is 5.69 Å². The van der Waals surface area contributed by atoms with Crippen LogP contribution in [0, 0.1) is 12.7 Å². The zero-order chi connectivity index (χ0) is 14.3. The first kappa shape index (κ1) is 12.3. The minimum atomic E-state index is -0.530. The highest BCUT2D eigenvalue weighted by molar-refractivity contribution is 5.79. The molecular formula is C12H10FN5O2. The summed E-state index contributed by atoms with van der Waals surface area (Å²) in [6.07, 6.45) is 0. The standard InChI is InChI=1S/C12H10FN5O2/c1-5-10(19-2)11(14)16-12(15-5)6-3-8-9(4-7(6)13)18-20-17-8/h3-4H,1-2H3,(H2,14,15,16). The maximum atomic E-state index is 14.1. The number of hydrogen-bond donors (Lipinski definition) is 1. The smallest absolute Gasteiger partial charge is 0.182 e. The summed E-state index contributed by atoms with van der Waals surface area (Å²) < 4.78 is 23.7. The molecule has 0 spiro atoms. The molecule has 0 bridgehead atoms. The molecule has 8 heteroatoms. The van der Waals surface area contributed by atoms with Crippen molar-refractivity contribution in [3.63, 3.8) is 0 Å². The van der Waals surface area contributed by atoms with Gasteiger partial charge < -0.3 is 10.5 Å². The van der Waals surface area contributed by atoms with Gasteiger partial charge in [0, 0.05) is 6.07 Å². The van der Waals surface area contributed by atoms with E-state index < -0.39 is 5.82 Å². The Bertz CT molecular complexity index is 779. The second-order valence-electron chi connectivity index (χ2n) is 4.14. The number of nitrogen functional groups attached to an aromatic ring is 1. The normalized spacial score (nSPS) is 10.9. The van der Waals surface area contributed by atoms with Gasteiger partial charge in [0.25, 0.3) is 0 Å². The van der Waals surface area contributed by atoms with E-state index in [0.717, 1.165) is 0 Å². The fraction of sp³-hybridized carbons (Fsp3) is 0.167. The number of aryl methyl sites for hydroxylation is 1. The minimum absolute atomic E-state index is 0.146. The minimum Gasteiger partial charge on any atom is -0.491 e. The van der Waals surface area contributed by atoms with Gasteiger partial charge in [0.05, 0.1) is 18.4 Å². The molecule has 102 valence electrons. The Labute approximate surface area is 112 Å². The lowest BCUT2D eigenvalue weighted by Crippen LogP contribution is -2.03. The third-order valence-corrected chi connectivity index (χ3v) is 2.85. The Morgan fingerprint density at radius 1 is 1.20 bits per heavy atom. The first-order chi connectivity index (χ1) is 9.60. The highest BCUT2D eigenvalue weighted by Gasteiger charge is 2.16. The predicted octanol–water partition coefficient (Wildman–Crippen LogP) is 1.72. The van der Waals surface area contributed by atoms with Crippen LogP contribution in [0.15, 0.2) is 16.8 Å². The third kappa shape index (κ3) is 1.81. The van der Waals surface area contributed by atoms with Crippen LogP contribution in [-0.4, -0.2) is 27.4 Å². The summed E-state index contributed by atoms with van der Waals surface area (Å²) in [5.74, 6) is 0.145. The van der Waals surface area contributed by atoms with Crippen molar-refractivity contribution in [3.8, 4) is 17.1 Å². The molecule has 0 unspecified atom stereocenters. The molecule has 3 rings (SSSR count). The molecule has 1 aromatic carbocycles. The fourth-order valence-electron chi connectivity index (χ4n) is 1.93. The lowest BCUT2D eigenvalue weighted by molar-refractivity contribution is 0.315. The van der Waals surface area contributed by atoms with E-state index in [1.165, 1.54) is 19.2 Å². The Hall–Kier alpha value is -2.77. The lowest BCUT2D eigenvalue weighted by Gasteiger charge is -2.09. The summed E-state index contributed by atoms with van der Waals surface area (Å²) in [6, 6.07) is 2.67. The Morgan fingerprint density at radius 3 is 2.55 bits per heavy atom. The SMILES string of the molecule is COc1c(C)nc(-c2cc3nonc3cc2F)nc1N. The van der Waals surface area contributed by atoms with E-state index in [9.17, 15) is 4.39 Å². The van der Waals surface area contributed by atoms with Gasteiger partial charge in [0.1, 0.15) is 16.9 Å². The van der Waals surface area contributed by atoms with Gasteiger partial charge in [-0.2, -0.15) is 0 Å². The van der Waals surface area contributed by atoms with Crippen LogP contribution in [0.25, 0.3) is 22.4 Å². The molecule has 0 aliphatic rings. The molecule has 0 fully saturated rings. The molecule has 2 aromatic heterocycles. The van der Waals surface area contributed by atoms with Crippen molar-refractivity contribution in [2.45, 2.75) is 6.92 Å². The highest BCUT2D eigenvalue weighted by atomic mass is 19.1. The number of anilines is 1. The van der Waals surface area contributed by atoms with Crippen LogP contribution in [-0.2, 0) is 0 Å². The van der Waals surface area contributed by atoms with Crippen LogP contribution >= 0.6 is 0 Å². The van der Waals surface area contributed by atoms with E-state index in [1.54, 1.807) is 6.92 Å². The summed E-state index contributed by atoms with van der Waals surface area (Å²) >= 11 is 0. The zero-order valence-corrected chi connectivity index (χ0v) is 10.7. The van der Waals surface area contributed by atoms with Crippen LogP contribution in [0.3, 0.4) is 0 Å². The summed E-state index contributed by atoms with van der Waals surface area (Å²) in [6.45, 7) is 1.70. The maximum absolute atomic E-state index is 14.1. The molecular weight excluding hydrogens is 265 g/mol. The van der Waals surface area contributed by atoms with E-state index in [4.69, 9.17) is 10.5 Å². The van der Waals surface area contributed by atoms with Crippen molar-refractivity contribution >= 4 is 16.9 Å². The van der Waals surface area contributed by atoms with E-state index in [0.29, 0.717) is 22.5 Å². The largest absolute Gasteiger partial charge is 0.491 e. The third-order valence-electron chi connectivity index (χ3n) is 2.85. The predicted molar refractivity (Wildman–Crippen MR) is 68.5 cm³/mol. The summed E-state index contributed by atoms with van der Waals surface area (Å²) in [4.78, 5) is 8.24. The van der Waals surface area contributed by atoms with Crippen LogP contribution < -0.4 is 10.5 Å². The van der Waals surface area contributed by atoms with Crippen molar-refractivity contribution < 1.29 is 13.8 Å². The van der Waals surface area contributed by atoms with Gasteiger partial charge in [-0.3, -0.25) is 0 Å². The number of fused-ring (bicyclic) bond motifs is 1. The zero-order valence-electron chi connectivity index (χ0n) is 10.7. The van der Waals surface area contributed by atoms with Gasteiger partial charge in [-0.05, 0) is 23.3 Å². The number of rotatable bonds is 2. The van der Waals surface area contributed by atoms with Gasteiger partial charge in [-0.1, -0.05) is 0 Å². The number of ether oxygens (including phenoxy) is 1. The quantitative estimate of drug-likeness (QED) is 0.759. The Morgan fingerprint density at radius 2 is 1.90 bits per heavy atom. The fourth-order valence-corrected chi connectivity index (χ4v) is 1.93. The second kappa shape index (κ2) is 4.41. The molecule has 20 heavy (non-hydrogen) atoms. The van der Waals surface area contributed by atoms with Crippen molar-refractivity contribution in [3.05, 3.63) is 23.6 Å². The van der Waals surface area contributed by atoms with E-state index >= 15 is 0 Å². The van der Waals surface area contributed by atoms with Crippen LogP contribution in [0.2, 0.25) is 0 Å². The average molecular weight is 275 g/mol. The molecule has 0 saturated carbocycles. The maximum Gasteiger partial charge on any atom is 0.182 e. The molecule has 0 radical (unpaired) electrons. The summed E-state index contributed by atoms with van der Waals surface area (Å²) in [5.41, 5.74) is 7.20. The molecule has 0 atom stereocenters. The first-order valence-corrected chi connectivity index (χ1v) is 5.70. The Kier molecular flexibility index (Phi) is 2.70. The number of nitrogens with zero attached hydrogens (tertiary/aromatic N) is 4. The molecule has 7 nitrogen and oxygen atoms in total. The topological polar surface area (TPSA) is 100.0 Å². The van der Waals surface area contributed by atoms with E-state index in [1.807, 2.05) is 0 Å². The van der Waals surface area contributed by atoms with Gasteiger partial charge in [0.2, 0.25) is 0 Å². The number of benzene rings is 1. The number of halogens is 1. The van der Waals surface area contributed by atoms with Crippen molar-refractivity contribution in [2.75, 3.05) is 12.8 Å². The van der Waals surface area contributed by atoms with Crippen LogP contribution in [0.4, 0.5) is 10.2 Å². The van der Waals surface area contributed by atoms with Gasteiger partial charge in [-0.15, -0.1) is 0 Å². The molecule has 2 N–H and O–H groups in total. The highest BCUT2D eigenvalue weighted by Crippen LogP contribution is 2.29. The summed E-state index contributed by atoms with van der Waals surface area (Å²) in [7, 11) is 1.47. The Balaban J connectivity index is 2.22. The first-order valence-electron chi connectivity index (χ1n) is 5.70. The number of aromatic nitrogens is 4. The molecule has 0 amide bonds. The van der Waals surface area contributed by atoms with Crippen molar-refractivity contribution in [1.82, 2.24) is 20.3 Å². The van der Waals surface area contributed by atoms with Crippen molar-refractivity contribution in [1.29, 1.82) is 0 Å². The summed E-state index contributed by atoms with van der Waals surface area (Å²) in [5, 5.41) is 7.23. The monoisotopic (exact) mass is 275 g/mol. The van der Waals surface area contributed by atoms with Crippen molar-refractivity contribution in [2.24, 2.45) is 0 Å². The van der Waals surface area contributed by atoms with Gasteiger partial charge in [0.15, 0.2) is 17.4 Å². The van der Waals surface area contributed by atoms with E-state index in [2.05, 4.69) is 24.9 Å². The average Bonchev–Trinajstić information content (AvgIpc) is 2.84. The molecule has 0 aliphatic carbocycles. The van der Waals surface area contributed by atoms with Gasteiger partial charge in [-0.25, -0.2) is 19.0 Å². The molecule has 3 aromatic rings. The second-order valence-corrected chi connectivity index (χ2v) is 4.14. The van der Waals surface area contributed by atoms with E-state index in [-0.39, 0.29) is 17.2 Å². The number of nitrogens with two attached hydrogens (primary N) is 1. The lowest BCUT2D eigenvalue weighted by atomic mass is 10.1. The number of methoxy groups -OCH3 is 1. The number of hydrogen-bond acceptors (Lipinski definition) is 7. The molecule has 0 aliphatic heterocycles. The molecule has 2 heterocycles. The molecule has 0 saturated heterocycles.